The van der Waals surface area contributed by atoms with Crippen LogP contribution in [0.2, 0.25) is 0 Å². The molecule has 2 rings (SSSR count). The second-order valence-electron chi connectivity index (χ2n) is 5.81. The highest BCUT2D eigenvalue weighted by molar-refractivity contribution is 7.89. The molecule has 118 valence electrons. The third-order valence-electron chi connectivity index (χ3n) is 4.11. The van der Waals surface area contributed by atoms with E-state index in [0.29, 0.717) is 11.4 Å². The van der Waals surface area contributed by atoms with Crippen molar-refractivity contribution in [3.63, 3.8) is 0 Å². The summed E-state index contributed by atoms with van der Waals surface area (Å²) in [6.45, 7) is 2.62. The Morgan fingerprint density at radius 2 is 2.10 bits per heavy atom. The van der Waals surface area contributed by atoms with Gasteiger partial charge in [-0.05, 0) is 49.9 Å². The Kier molecular flexibility index (Phi) is 5.79. The Hall–Kier alpha value is -0.910. The molecule has 1 unspecified atom stereocenters. The van der Waals surface area contributed by atoms with Crippen LogP contribution in [0.1, 0.15) is 50.6 Å². The summed E-state index contributed by atoms with van der Waals surface area (Å²) >= 11 is 0. The molecule has 0 amide bonds. The molecule has 5 heteroatoms. The van der Waals surface area contributed by atoms with Crippen molar-refractivity contribution >= 4 is 10.0 Å². The fourth-order valence-electron chi connectivity index (χ4n) is 2.59. The first-order valence-electron chi connectivity index (χ1n) is 7.83. The van der Waals surface area contributed by atoms with Gasteiger partial charge in [0.05, 0.1) is 4.90 Å². The van der Waals surface area contributed by atoms with Crippen molar-refractivity contribution in [2.75, 3.05) is 13.6 Å². The summed E-state index contributed by atoms with van der Waals surface area (Å²) < 4.78 is 27.3. The third kappa shape index (κ3) is 4.80. The first-order valence-corrected chi connectivity index (χ1v) is 9.32. The molecule has 0 aliphatic heterocycles. The Balaban J connectivity index is 1.99. The highest BCUT2D eigenvalue weighted by atomic mass is 32.2. The minimum absolute atomic E-state index is 0.190. The molecule has 0 saturated heterocycles. The molecule has 2 N–H and O–H groups in total. The lowest BCUT2D eigenvalue weighted by Gasteiger charge is -2.15. The fraction of sp³-hybridized carbons (Fsp3) is 0.625. The molecular formula is C16H26N2O2S. The average molecular weight is 310 g/mol. The third-order valence-corrected chi connectivity index (χ3v) is 5.56. The Morgan fingerprint density at radius 3 is 2.71 bits per heavy atom. The molecule has 1 aromatic rings. The van der Waals surface area contributed by atoms with E-state index in [1.54, 1.807) is 12.1 Å². The number of hydrogen-bond acceptors (Lipinski definition) is 3. The second kappa shape index (κ2) is 7.38. The number of nitrogens with one attached hydrogen (secondary N) is 2. The molecule has 0 radical (unpaired) electrons. The maximum absolute atomic E-state index is 12.3. The smallest absolute Gasteiger partial charge is 0.240 e. The van der Waals surface area contributed by atoms with Gasteiger partial charge in [-0.15, -0.1) is 0 Å². The fourth-order valence-corrected chi connectivity index (χ4v) is 3.72. The molecule has 1 aromatic carbocycles. The summed E-state index contributed by atoms with van der Waals surface area (Å²) in [6, 6.07) is 7.41. The summed E-state index contributed by atoms with van der Waals surface area (Å²) in [5.74, 6) is 0.846. The van der Waals surface area contributed by atoms with E-state index in [1.807, 2.05) is 19.2 Å². The molecule has 0 spiro atoms. The molecule has 0 aromatic heterocycles. The Bertz CT molecular complexity index is 549. The lowest BCUT2D eigenvalue weighted by atomic mass is 10.1. The molecule has 0 heterocycles. The van der Waals surface area contributed by atoms with Gasteiger partial charge in [-0.1, -0.05) is 31.9 Å². The Morgan fingerprint density at radius 1 is 1.33 bits per heavy atom. The van der Waals surface area contributed by atoms with E-state index in [2.05, 4.69) is 17.0 Å². The highest BCUT2D eigenvalue weighted by Gasteiger charge is 2.21. The first-order chi connectivity index (χ1) is 10.1. The quantitative estimate of drug-likeness (QED) is 0.690. The molecule has 1 fully saturated rings. The molecular weight excluding hydrogens is 284 g/mol. The number of rotatable bonds is 9. The van der Waals surface area contributed by atoms with Crippen molar-refractivity contribution in [3.8, 4) is 0 Å². The maximum atomic E-state index is 12.3. The summed E-state index contributed by atoms with van der Waals surface area (Å²) in [7, 11) is -1.49. The summed E-state index contributed by atoms with van der Waals surface area (Å²) in [5, 5.41) is 3.20. The molecule has 0 bridgehead atoms. The van der Waals surface area contributed by atoms with Crippen molar-refractivity contribution in [3.05, 3.63) is 29.8 Å². The van der Waals surface area contributed by atoms with Crippen LogP contribution in [0, 0.1) is 5.92 Å². The summed E-state index contributed by atoms with van der Waals surface area (Å²) in [6.07, 6.45) is 5.63. The summed E-state index contributed by atoms with van der Waals surface area (Å²) in [4.78, 5) is 0.361. The second-order valence-corrected chi connectivity index (χ2v) is 7.57. The minimum Gasteiger partial charge on any atom is -0.313 e. The van der Waals surface area contributed by atoms with Crippen LogP contribution in [0.5, 0.6) is 0 Å². The lowest BCUT2D eigenvalue weighted by molar-refractivity contribution is 0.566. The molecule has 1 aliphatic rings. The van der Waals surface area contributed by atoms with Gasteiger partial charge in [0.15, 0.2) is 0 Å². The molecule has 1 atom stereocenters. The van der Waals surface area contributed by atoms with Gasteiger partial charge < -0.3 is 5.32 Å². The highest BCUT2D eigenvalue weighted by Crippen LogP contribution is 2.33. The van der Waals surface area contributed by atoms with E-state index in [9.17, 15) is 8.42 Å². The average Bonchev–Trinajstić information content (AvgIpc) is 3.30. The summed E-state index contributed by atoms with van der Waals surface area (Å²) in [5.41, 5.74) is 1.01. The predicted octanol–water partition coefficient (Wildman–Crippen LogP) is 2.83. The van der Waals surface area contributed by atoms with Crippen LogP contribution in [-0.2, 0) is 10.0 Å². The molecule has 1 aliphatic carbocycles. The van der Waals surface area contributed by atoms with Crippen LogP contribution in [-0.4, -0.2) is 22.0 Å². The topological polar surface area (TPSA) is 58.2 Å². The van der Waals surface area contributed by atoms with Crippen LogP contribution in [0.3, 0.4) is 0 Å². The van der Waals surface area contributed by atoms with Gasteiger partial charge in [-0.2, -0.15) is 0 Å². The molecule has 21 heavy (non-hydrogen) atoms. The van der Waals surface area contributed by atoms with Crippen molar-refractivity contribution in [1.82, 2.24) is 10.0 Å². The van der Waals surface area contributed by atoms with Crippen molar-refractivity contribution in [2.45, 2.75) is 50.0 Å². The van der Waals surface area contributed by atoms with E-state index < -0.39 is 10.0 Å². The predicted molar refractivity (Wildman–Crippen MR) is 85.7 cm³/mol. The number of hydrogen-bond donors (Lipinski definition) is 2. The van der Waals surface area contributed by atoms with Crippen LogP contribution >= 0.6 is 0 Å². The van der Waals surface area contributed by atoms with Crippen molar-refractivity contribution in [1.29, 1.82) is 0 Å². The van der Waals surface area contributed by atoms with Crippen molar-refractivity contribution < 1.29 is 8.42 Å². The zero-order valence-electron chi connectivity index (χ0n) is 12.9. The zero-order chi connectivity index (χ0) is 15.3. The van der Waals surface area contributed by atoms with Crippen LogP contribution in [0.15, 0.2) is 29.2 Å². The van der Waals surface area contributed by atoms with Gasteiger partial charge in [-0.3, -0.25) is 0 Å². The standard InChI is InChI=1S/C16H26N2O2S/c1-3-16(17-2)14-7-4-8-15(12-14)21(19,20)18-11-5-6-13-9-10-13/h4,7-8,12-13,16-18H,3,5-6,9-11H2,1-2H3. The van der Waals surface area contributed by atoms with E-state index >= 15 is 0 Å². The SMILES string of the molecule is CCC(NC)c1cccc(S(=O)(=O)NCCCC2CC2)c1. The largest absolute Gasteiger partial charge is 0.313 e. The zero-order valence-corrected chi connectivity index (χ0v) is 13.7. The van der Waals surface area contributed by atoms with Gasteiger partial charge in [-0.25, -0.2) is 13.1 Å². The normalized spacial score (nSPS) is 16.9. The van der Waals surface area contributed by atoms with Gasteiger partial charge >= 0.3 is 0 Å². The van der Waals surface area contributed by atoms with Gasteiger partial charge in [0, 0.05) is 12.6 Å². The first kappa shape index (κ1) is 16.5. The van der Waals surface area contributed by atoms with Gasteiger partial charge in [0.2, 0.25) is 10.0 Å². The lowest BCUT2D eigenvalue weighted by Crippen LogP contribution is -2.25. The number of benzene rings is 1. The Labute approximate surface area is 128 Å². The van der Waals surface area contributed by atoms with Gasteiger partial charge in [0.25, 0.3) is 0 Å². The van der Waals surface area contributed by atoms with E-state index in [0.717, 1.165) is 30.7 Å². The van der Waals surface area contributed by atoms with E-state index in [-0.39, 0.29) is 6.04 Å². The van der Waals surface area contributed by atoms with Crippen LogP contribution < -0.4 is 10.0 Å². The van der Waals surface area contributed by atoms with Crippen LogP contribution in [0.25, 0.3) is 0 Å². The minimum atomic E-state index is -3.39. The van der Waals surface area contributed by atoms with E-state index in [1.165, 1.54) is 12.8 Å². The maximum Gasteiger partial charge on any atom is 0.240 e. The van der Waals surface area contributed by atoms with Crippen LogP contribution in [0.4, 0.5) is 0 Å². The molecule has 1 saturated carbocycles. The van der Waals surface area contributed by atoms with Crippen molar-refractivity contribution in [2.24, 2.45) is 5.92 Å². The monoisotopic (exact) mass is 310 g/mol. The molecule has 4 nitrogen and oxygen atoms in total. The number of sulfonamides is 1. The van der Waals surface area contributed by atoms with Gasteiger partial charge in [0.1, 0.15) is 0 Å². The van der Waals surface area contributed by atoms with E-state index in [4.69, 9.17) is 0 Å².